The Morgan fingerprint density at radius 1 is 1.11 bits per heavy atom. The molecule has 8 heteroatoms. The van der Waals surface area contributed by atoms with Gasteiger partial charge in [-0.1, -0.05) is 37.3 Å². The number of fused-ring (bicyclic) bond motifs is 2. The number of aromatic nitrogens is 6. The summed E-state index contributed by atoms with van der Waals surface area (Å²) in [5.74, 6) is 1.76. The number of pyridine rings is 1. The monoisotopic (exact) mass is 469 g/mol. The SMILES string of the molecule is Cc1cc(N2CC[C@](C)(c3ccccc3)C2)cn2nc(C34CC(Cn5ncnc5C)(CO3)C4)nc12. The third-order valence-electron chi connectivity index (χ3n) is 8.59. The van der Waals surface area contributed by atoms with Gasteiger partial charge in [-0.25, -0.2) is 19.2 Å². The standard InChI is InChI=1S/C27H31N7O/c1-19-11-22(32-10-9-25(3,15-32)21-7-5-4-6-8-21)12-33-23(19)30-24(31-33)27-13-26(14-27,17-35-27)16-34-20(2)28-18-29-34/h4-8,11-12,18H,9-10,13-17H2,1-3H3/t25-,26?,27?/m0/s1. The van der Waals surface area contributed by atoms with Crippen molar-refractivity contribution in [1.29, 1.82) is 0 Å². The van der Waals surface area contributed by atoms with Gasteiger partial charge in [0.25, 0.3) is 0 Å². The van der Waals surface area contributed by atoms with Gasteiger partial charge in [-0.15, -0.1) is 5.10 Å². The molecular formula is C27H31N7O. The minimum absolute atomic E-state index is 0.105. The number of ether oxygens (including phenoxy) is 1. The van der Waals surface area contributed by atoms with Crippen molar-refractivity contribution in [2.75, 3.05) is 24.6 Å². The number of nitrogens with zero attached hydrogens (tertiary/aromatic N) is 7. The molecule has 3 aromatic heterocycles. The van der Waals surface area contributed by atoms with Crippen LogP contribution in [-0.4, -0.2) is 49.1 Å². The number of benzene rings is 1. The van der Waals surface area contributed by atoms with Gasteiger partial charge >= 0.3 is 0 Å². The molecule has 0 unspecified atom stereocenters. The molecule has 3 saturated heterocycles. The summed E-state index contributed by atoms with van der Waals surface area (Å²) in [4.78, 5) is 11.7. The number of hydrogen-bond acceptors (Lipinski definition) is 6. The molecule has 6 heterocycles. The van der Waals surface area contributed by atoms with Crippen LogP contribution in [0.25, 0.3) is 5.65 Å². The lowest BCUT2D eigenvalue weighted by Gasteiger charge is -2.42. The molecule has 4 aliphatic rings. The fourth-order valence-electron chi connectivity index (χ4n) is 6.58. The second-order valence-corrected chi connectivity index (χ2v) is 11.3. The predicted octanol–water partition coefficient (Wildman–Crippen LogP) is 3.81. The molecule has 1 saturated carbocycles. The number of hydrogen-bond donors (Lipinski definition) is 0. The maximum Gasteiger partial charge on any atom is 0.183 e. The Morgan fingerprint density at radius 3 is 2.71 bits per heavy atom. The van der Waals surface area contributed by atoms with Gasteiger partial charge in [0.1, 0.15) is 17.8 Å². The summed E-state index contributed by atoms with van der Waals surface area (Å²) in [6.45, 7) is 10.1. The second-order valence-electron chi connectivity index (χ2n) is 11.3. The van der Waals surface area contributed by atoms with E-state index in [0.29, 0.717) is 0 Å². The topological polar surface area (TPSA) is 73.4 Å². The Bertz CT molecular complexity index is 1420. The summed E-state index contributed by atoms with van der Waals surface area (Å²) in [5.41, 5.74) is 4.58. The molecule has 1 aliphatic carbocycles. The molecule has 35 heavy (non-hydrogen) atoms. The largest absolute Gasteiger partial charge is 0.369 e. The zero-order valence-electron chi connectivity index (χ0n) is 20.6. The van der Waals surface area contributed by atoms with Gasteiger partial charge in [-0.05, 0) is 50.3 Å². The maximum atomic E-state index is 6.36. The minimum Gasteiger partial charge on any atom is -0.369 e. The molecule has 8 nitrogen and oxygen atoms in total. The summed E-state index contributed by atoms with van der Waals surface area (Å²) in [6, 6.07) is 13.1. The molecule has 3 aliphatic heterocycles. The van der Waals surface area contributed by atoms with E-state index in [1.165, 1.54) is 11.3 Å². The zero-order chi connectivity index (χ0) is 23.8. The molecule has 0 radical (unpaired) electrons. The van der Waals surface area contributed by atoms with E-state index in [1.54, 1.807) is 6.33 Å². The predicted molar refractivity (Wildman–Crippen MR) is 132 cm³/mol. The maximum absolute atomic E-state index is 6.36. The van der Waals surface area contributed by atoms with Crippen molar-refractivity contribution < 1.29 is 4.74 Å². The van der Waals surface area contributed by atoms with Crippen molar-refractivity contribution in [3.63, 3.8) is 0 Å². The van der Waals surface area contributed by atoms with Crippen LogP contribution in [0.1, 0.15) is 49.0 Å². The Hall–Kier alpha value is -3.26. The van der Waals surface area contributed by atoms with Crippen LogP contribution in [-0.2, 0) is 22.3 Å². The van der Waals surface area contributed by atoms with Crippen molar-refractivity contribution in [3.8, 4) is 0 Å². The summed E-state index contributed by atoms with van der Waals surface area (Å²) >= 11 is 0. The highest BCUT2D eigenvalue weighted by Gasteiger charge is 2.65. The van der Waals surface area contributed by atoms with Gasteiger partial charge in [0.15, 0.2) is 11.5 Å². The van der Waals surface area contributed by atoms with Crippen LogP contribution in [0, 0.1) is 19.3 Å². The molecule has 8 rings (SSSR count). The first kappa shape index (κ1) is 21.1. The van der Waals surface area contributed by atoms with E-state index in [1.807, 2.05) is 16.1 Å². The Balaban J connectivity index is 1.14. The Labute approximate surface area is 204 Å². The van der Waals surface area contributed by atoms with E-state index >= 15 is 0 Å². The molecule has 180 valence electrons. The minimum atomic E-state index is -0.368. The second kappa shape index (κ2) is 7.13. The van der Waals surface area contributed by atoms with Crippen LogP contribution in [0.3, 0.4) is 0 Å². The molecule has 4 fully saturated rings. The zero-order valence-corrected chi connectivity index (χ0v) is 20.6. The first-order valence-electron chi connectivity index (χ1n) is 12.5. The van der Waals surface area contributed by atoms with Crippen LogP contribution in [0.15, 0.2) is 48.9 Å². The van der Waals surface area contributed by atoms with Crippen molar-refractivity contribution in [1.82, 2.24) is 29.4 Å². The van der Waals surface area contributed by atoms with Gasteiger partial charge in [-0.3, -0.25) is 0 Å². The van der Waals surface area contributed by atoms with Gasteiger partial charge in [-0.2, -0.15) is 5.10 Å². The first-order chi connectivity index (χ1) is 16.9. The smallest absolute Gasteiger partial charge is 0.183 e. The van der Waals surface area contributed by atoms with E-state index < -0.39 is 0 Å². The first-order valence-corrected chi connectivity index (χ1v) is 12.5. The Kier molecular flexibility index (Phi) is 4.29. The lowest BCUT2D eigenvalue weighted by molar-refractivity contribution is -0.0322. The van der Waals surface area contributed by atoms with E-state index in [4.69, 9.17) is 14.8 Å². The quantitative estimate of drug-likeness (QED) is 0.443. The van der Waals surface area contributed by atoms with E-state index in [-0.39, 0.29) is 16.4 Å². The van der Waals surface area contributed by atoms with Crippen molar-refractivity contribution in [2.24, 2.45) is 5.41 Å². The van der Waals surface area contributed by atoms with Crippen LogP contribution in [0.5, 0.6) is 0 Å². The molecular weight excluding hydrogens is 438 g/mol. The van der Waals surface area contributed by atoms with E-state index in [2.05, 4.69) is 71.4 Å². The lowest BCUT2D eigenvalue weighted by Crippen LogP contribution is -2.45. The molecule has 0 N–H and O–H groups in total. The third-order valence-corrected chi connectivity index (χ3v) is 8.59. The summed E-state index contributed by atoms with van der Waals surface area (Å²) in [7, 11) is 0. The van der Waals surface area contributed by atoms with Gasteiger partial charge in [0, 0.05) is 23.9 Å². The highest BCUT2D eigenvalue weighted by Crippen LogP contribution is 2.63. The van der Waals surface area contributed by atoms with E-state index in [9.17, 15) is 0 Å². The fourth-order valence-corrected chi connectivity index (χ4v) is 6.58. The lowest BCUT2D eigenvalue weighted by atomic mass is 9.62. The summed E-state index contributed by atoms with van der Waals surface area (Å²) in [6.07, 6.45) is 6.78. The average Bonchev–Trinajstić information content (AvgIpc) is 3.64. The molecule has 1 atom stereocenters. The van der Waals surface area contributed by atoms with Crippen molar-refractivity contribution in [3.05, 3.63) is 71.7 Å². The third kappa shape index (κ3) is 3.15. The highest BCUT2D eigenvalue weighted by molar-refractivity contribution is 5.58. The molecule has 0 amide bonds. The molecule has 1 aromatic carbocycles. The number of rotatable bonds is 5. The highest BCUT2D eigenvalue weighted by atomic mass is 16.5. The molecule has 4 aromatic rings. The van der Waals surface area contributed by atoms with E-state index in [0.717, 1.165) is 68.4 Å². The molecule has 2 bridgehead atoms. The van der Waals surface area contributed by atoms with Gasteiger partial charge in [0.2, 0.25) is 0 Å². The van der Waals surface area contributed by atoms with Gasteiger partial charge in [0.05, 0.1) is 25.0 Å². The summed E-state index contributed by atoms with van der Waals surface area (Å²) in [5, 5.41) is 9.33. The Morgan fingerprint density at radius 2 is 1.94 bits per heavy atom. The van der Waals surface area contributed by atoms with Crippen molar-refractivity contribution in [2.45, 2.75) is 57.6 Å². The van der Waals surface area contributed by atoms with Crippen molar-refractivity contribution >= 4 is 11.3 Å². The van der Waals surface area contributed by atoms with Crippen LogP contribution >= 0.6 is 0 Å². The summed E-state index contributed by atoms with van der Waals surface area (Å²) < 4.78 is 10.3. The van der Waals surface area contributed by atoms with Gasteiger partial charge < -0.3 is 9.64 Å². The van der Waals surface area contributed by atoms with Crippen LogP contribution < -0.4 is 4.90 Å². The number of anilines is 1. The average molecular weight is 470 g/mol. The molecule has 0 spiro atoms. The fraction of sp³-hybridized carbons (Fsp3) is 0.481. The number of aryl methyl sites for hydroxylation is 2. The van der Waals surface area contributed by atoms with Crippen LogP contribution in [0.4, 0.5) is 5.69 Å². The van der Waals surface area contributed by atoms with Crippen LogP contribution in [0.2, 0.25) is 0 Å². The normalized spacial score (nSPS) is 29.7.